The normalized spacial score (nSPS) is 12.1. The van der Waals surface area contributed by atoms with E-state index in [-0.39, 0.29) is 0 Å². The average molecular weight is 227 g/mol. The molecule has 0 saturated carbocycles. The van der Waals surface area contributed by atoms with Gasteiger partial charge < -0.3 is 10.0 Å². The van der Waals surface area contributed by atoms with E-state index in [9.17, 15) is 4.79 Å². The highest BCUT2D eigenvalue weighted by atomic mass is 16.4. The molecule has 0 saturated heterocycles. The fourth-order valence-corrected chi connectivity index (χ4v) is 1.69. The van der Waals surface area contributed by atoms with Gasteiger partial charge in [0, 0.05) is 5.57 Å². The number of rotatable bonds is 9. The quantitative estimate of drug-likeness (QED) is 0.486. The molecule has 94 valence electrons. The first-order valence-electron chi connectivity index (χ1n) is 6.24. The Hall–Kier alpha value is -0.830. The summed E-state index contributed by atoms with van der Waals surface area (Å²) in [6.07, 6.45) is 6.10. The molecule has 0 bridgehead atoms. The Morgan fingerprint density at radius 1 is 1.19 bits per heavy atom. The molecule has 0 radical (unpaired) electrons. The lowest BCUT2D eigenvalue weighted by molar-refractivity contribution is -0.132. The van der Waals surface area contributed by atoms with Crippen LogP contribution in [0, 0.1) is 0 Å². The molecule has 0 fully saturated rings. The van der Waals surface area contributed by atoms with Crippen molar-refractivity contribution in [2.75, 3.05) is 19.6 Å². The molecule has 3 nitrogen and oxygen atoms in total. The molecule has 0 aliphatic rings. The van der Waals surface area contributed by atoms with Gasteiger partial charge in [-0.2, -0.15) is 0 Å². The third-order valence-corrected chi connectivity index (χ3v) is 2.55. The predicted octanol–water partition coefficient (Wildman–Crippen LogP) is 2.92. The maximum absolute atomic E-state index is 10.6. The molecule has 0 spiro atoms. The van der Waals surface area contributed by atoms with E-state index in [0.29, 0.717) is 5.57 Å². The van der Waals surface area contributed by atoms with Gasteiger partial charge in [0.2, 0.25) is 0 Å². The number of carboxylic acids is 1. The van der Waals surface area contributed by atoms with Gasteiger partial charge in [0.1, 0.15) is 0 Å². The number of nitrogens with zero attached hydrogens (tertiary/aromatic N) is 1. The van der Waals surface area contributed by atoms with Crippen LogP contribution in [-0.4, -0.2) is 35.6 Å². The standard InChI is InChI=1S/C13H25NO2/c1-4-9-14(10-5-2)11-7-6-8-12(3)13(15)16/h8H,4-7,9-11H2,1-3H3,(H,15,16). The Bertz CT molecular complexity index is 218. The summed E-state index contributed by atoms with van der Waals surface area (Å²) in [6.45, 7) is 9.41. The molecular weight excluding hydrogens is 202 g/mol. The van der Waals surface area contributed by atoms with Crippen molar-refractivity contribution >= 4 is 5.97 Å². The second-order valence-electron chi connectivity index (χ2n) is 4.18. The molecule has 0 aliphatic carbocycles. The van der Waals surface area contributed by atoms with Gasteiger partial charge in [0.05, 0.1) is 0 Å². The van der Waals surface area contributed by atoms with Crippen LogP contribution in [0.15, 0.2) is 11.6 Å². The topological polar surface area (TPSA) is 40.5 Å². The Morgan fingerprint density at radius 3 is 2.19 bits per heavy atom. The van der Waals surface area contributed by atoms with E-state index in [0.717, 1.165) is 32.5 Å². The van der Waals surface area contributed by atoms with Gasteiger partial charge in [-0.05, 0) is 52.2 Å². The monoisotopic (exact) mass is 227 g/mol. The fourth-order valence-electron chi connectivity index (χ4n) is 1.69. The Kier molecular flexibility index (Phi) is 8.91. The van der Waals surface area contributed by atoms with Gasteiger partial charge in [0.15, 0.2) is 0 Å². The van der Waals surface area contributed by atoms with E-state index in [2.05, 4.69) is 18.7 Å². The summed E-state index contributed by atoms with van der Waals surface area (Å²) in [4.78, 5) is 13.0. The number of aliphatic carboxylic acids is 1. The molecule has 0 aliphatic heterocycles. The summed E-state index contributed by atoms with van der Waals surface area (Å²) in [6, 6.07) is 0. The van der Waals surface area contributed by atoms with Crippen molar-refractivity contribution in [2.24, 2.45) is 0 Å². The van der Waals surface area contributed by atoms with Gasteiger partial charge in [-0.25, -0.2) is 4.79 Å². The molecule has 0 amide bonds. The lowest BCUT2D eigenvalue weighted by Crippen LogP contribution is -2.26. The molecule has 3 heteroatoms. The van der Waals surface area contributed by atoms with Crippen molar-refractivity contribution in [3.05, 3.63) is 11.6 Å². The van der Waals surface area contributed by atoms with Crippen molar-refractivity contribution in [2.45, 2.75) is 46.5 Å². The largest absolute Gasteiger partial charge is 0.478 e. The molecule has 0 aromatic carbocycles. The Morgan fingerprint density at radius 2 is 1.75 bits per heavy atom. The van der Waals surface area contributed by atoms with Crippen LogP contribution in [0.5, 0.6) is 0 Å². The third kappa shape index (κ3) is 7.46. The summed E-state index contributed by atoms with van der Waals surface area (Å²) >= 11 is 0. The van der Waals surface area contributed by atoms with Crippen LogP contribution in [-0.2, 0) is 4.79 Å². The van der Waals surface area contributed by atoms with E-state index in [4.69, 9.17) is 5.11 Å². The SMILES string of the molecule is CCCN(CCC)CCCC=C(C)C(=O)O. The van der Waals surface area contributed by atoms with E-state index >= 15 is 0 Å². The minimum atomic E-state index is -0.807. The summed E-state index contributed by atoms with van der Waals surface area (Å²) in [7, 11) is 0. The van der Waals surface area contributed by atoms with E-state index in [1.807, 2.05) is 6.08 Å². The Labute approximate surface area is 99.1 Å². The first-order valence-corrected chi connectivity index (χ1v) is 6.24. The predicted molar refractivity (Wildman–Crippen MR) is 67.6 cm³/mol. The van der Waals surface area contributed by atoms with Crippen molar-refractivity contribution < 1.29 is 9.90 Å². The summed E-state index contributed by atoms with van der Waals surface area (Å²) in [5.41, 5.74) is 0.456. The van der Waals surface area contributed by atoms with E-state index < -0.39 is 5.97 Å². The fraction of sp³-hybridized carbons (Fsp3) is 0.769. The molecule has 0 aromatic heterocycles. The summed E-state index contributed by atoms with van der Waals surface area (Å²) in [5.74, 6) is -0.807. The van der Waals surface area contributed by atoms with Gasteiger partial charge in [0.25, 0.3) is 0 Å². The van der Waals surface area contributed by atoms with E-state index in [1.165, 1.54) is 12.8 Å². The minimum absolute atomic E-state index is 0.456. The summed E-state index contributed by atoms with van der Waals surface area (Å²) < 4.78 is 0. The van der Waals surface area contributed by atoms with Gasteiger partial charge in [-0.3, -0.25) is 0 Å². The zero-order valence-electron chi connectivity index (χ0n) is 10.8. The Balaban J connectivity index is 3.76. The van der Waals surface area contributed by atoms with Gasteiger partial charge in [-0.15, -0.1) is 0 Å². The van der Waals surface area contributed by atoms with Crippen LogP contribution in [0.25, 0.3) is 0 Å². The maximum atomic E-state index is 10.6. The molecule has 16 heavy (non-hydrogen) atoms. The van der Waals surface area contributed by atoms with Gasteiger partial charge >= 0.3 is 5.97 Å². The number of carboxylic acid groups (broad SMARTS) is 1. The smallest absolute Gasteiger partial charge is 0.330 e. The second kappa shape index (κ2) is 9.40. The number of hydrogen-bond acceptors (Lipinski definition) is 2. The lowest BCUT2D eigenvalue weighted by atomic mass is 10.2. The minimum Gasteiger partial charge on any atom is -0.478 e. The van der Waals surface area contributed by atoms with Crippen LogP contribution in [0.4, 0.5) is 0 Å². The zero-order chi connectivity index (χ0) is 12.4. The number of unbranched alkanes of at least 4 members (excludes halogenated alkanes) is 1. The van der Waals surface area contributed by atoms with Crippen molar-refractivity contribution in [3.63, 3.8) is 0 Å². The molecule has 0 heterocycles. The second-order valence-corrected chi connectivity index (χ2v) is 4.18. The zero-order valence-corrected chi connectivity index (χ0v) is 10.8. The highest BCUT2D eigenvalue weighted by molar-refractivity contribution is 5.85. The molecule has 0 aromatic rings. The van der Waals surface area contributed by atoms with Crippen LogP contribution in [0.2, 0.25) is 0 Å². The summed E-state index contributed by atoms with van der Waals surface area (Å²) in [5, 5.41) is 8.68. The van der Waals surface area contributed by atoms with Crippen LogP contribution in [0.1, 0.15) is 46.5 Å². The molecule has 1 N–H and O–H groups in total. The molecule has 0 unspecified atom stereocenters. The van der Waals surface area contributed by atoms with Crippen molar-refractivity contribution in [1.82, 2.24) is 4.90 Å². The number of allylic oxidation sites excluding steroid dienone is 1. The number of carbonyl (C=O) groups is 1. The first-order chi connectivity index (χ1) is 7.61. The van der Waals surface area contributed by atoms with Crippen LogP contribution in [0.3, 0.4) is 0 Å². The third-order valence-electron chi connectivity index (χ3n) is 2.55. The van der Waals surface area contributed by atoms with Crippen LogP contribution < -0.4 is 0 Å². The number of hydrogen-bond donors (Lipinski definition) is 1. The van der Waals surface area contributed by atoms with Crippen LogP contribution >= 0.6 is 0 Å². The van der Waals surface area contributed by atoms with E-state index in [1.54, 1.807) is 6.92 Å². The molecule has 0 rings (SSSR count). The highest BCUT2D eigenvalue weighted by Crippen LogP contribution is 2.02. The lowest BCUT2D eigenvalue weighted by Gasteiger charge is -2.20. The first kappa shape index (κ1) is 15.2. The molecule has 0 atom stereocenters. The van der Waals surface area contributed by atoms with Crippen molar-refractivity contribution in [1.29, 1.82) is 0 Å². The highest BCUT2D eigenvalue weighted by Gasteiger charge is 2.02. The van der Waals surface area contributed by atoms with Crippen molar-refractivity contribution in [3.8, 4) is 0 Å². The maximum Gasteiger partial charge on any atom is 0.330 e. The average Bonchev–Trinajstić information content (AvgIpc) is 2.24. The molecular formula is C13H25NO2. The van der Waals surface area contributed by atoms with Gasteiger partial charge in [-0.1, -0.05) is 19.9 Å².